The quantitative estimate of drug-likeness (QED) is 0.676. The Balaban J connectivity index is 1.77. The molecule has 154 valence electrons. The van der Waals surface area contributed by atoms with Crippen molar-refractivity contribution in [3.05, 3.63) is 64.8 Å². The maximum Gasteiger partial charge on any atom is 0.340 e. The molecule has 2 heterocycles. The molecule has 3 rings (SSSR count). The maximum atomic E-state index is 12.9. The Morgan fingerprint density at radius 3 is 2.45 bits per heavy atom. The Labute approximate surface area is 170 Å². The molecule has 0 unspecified atom stereocenters. The highest BCUT2D eigenvalue weighted by molar-refractivity contribution is 7.94. The molecule has 0 aliphatic carbocycles. The molecule has 0 spiro atoms. The summed E-state index contributed by atoms with van der Waals surface area (Å²) in [5, 5.41) is 1.12. The van der Waals surface area contributed by atoms with Crippen LogP contribution < -0.4 is 4.90 Å². The van der Waals surface area contributed by atoms with Gasteiger partial charge in [0.15, 0.2) is 16.4 Å². The van der Waals surface area contributed by atoms with Crippen molar-refractivity contribution < 1.29 is 22.7 Å². The normalized spacial score (nSPS) is 17.3. The van der Waals surface area contributed by atoms with Gasteiger partial charge in [0.1, 0.15) is 0 Å². The number of anilines is 1. The van der Waals surface area contributed by atoms with Crippen molar-refractivity contribution in [3.63, 3.8) is 0 Å². The number of esters is 1. The van der Waals surface area contributed by atoms with Crippen molar-refractivity contribution in [2.24, 2.45) is 0 Å². The second kappa shape index (κ2) is 8.24. The van der Waals surface area contributed by atoms with Gasteiger partial charge in [-0.1, -0.05) is 18.2 Å². The zero-order valence-electron chi connectivity index (χ0n) is 16.7. The average Bonchev–Trinajstić information content (AvgIpc) is 3.18. The molecule has 8 heteroatoms. The molecule has 29 heavy (non-hydrogen) atoms. The van der Waals surface area contributed by atoms with E-state index in [1.165, 1.54) is 11.0 Å². The van der Waals surface area contributed by atoms with E-state index in [0.717, 1.165) is 23.3 Å². The van der Waals surface area contributed by atoms with Crippen molar-refractivity contribution in [3.8, 4) is 0 Å². The lowest BCUT2D eigenvalue weighted by molar-refractivity contribution is -0.121. The second-order valence-electron chi connectivity index (χ2n) is 6.93. The summed E-state index contributed by atoms with van der Waals surface area (Å²) in [6.45, 7) is 5.98. The largest absolute Gasteiger partial charge is 0.452 e. The fraction of sp³-hybridized carbons (Fsp3) is 0.333. The first-order chi connectivity index (χ1) is 13.7. The van der Waals surface area contributed by atoms with Gasteiger partial charge < -0.3 is 14.2 Å². The Kier molecular flexibility index (Phi) is 5.93. The molecule has 0 saturated carbocycles. The van der Waals surface area contributed by atoms with Gasteiger partial charge >= 0.3 is 5.97 Å². The smallest absolute Gasteiger partial charge is 0.340 e. The number of amides is 1. The van der Waals surface area contributed by atoms with Crippen molar-refractivity contribution in [1.82, 2.24) is 4.57 Å². The van der Waals surface area contributed by atoms with Crippen LogP contribution in [0.3, 0.4) is 0 Å². The monoisotopic (exact) mass is 416 g/mol. The average molecular weight is 416 g/mol. The Morgan fingerprint density at radius 1 is 1.21 bits per heavy atom. The van der Waals surface area contributed by atoms with Crippen LogP contribution in [-0.2, 0) is 25.9 Å². The topological polar surface area (TPSA) is 85.7 Å². The predicted molar refractivity (Wildman–Crippen MR) is 111 cm³/mol. The minimum Gasteiger partial charge on any atom is -0.452 e. The summed E-state index contributed by atoms with van der Waals surface area (Å²) < 4.78 is 30.9. The summed E-state index contributed by atoms with van der Waals surface area (Å²) >= 11 is 0. The fourth-order valence-electron chi connectivity index (χ4n) is 3.60. The molecule has 2 aromatic rings. The molecule has 0 bridgehead atoms. The summed E-state index contributed by atoms with van der Waals surface area (Å²) in [4.78, 5) is 26.8. The van der Waals surface area contributed by atoms with Crippen LogP contribution in [0.15, 0.2) is 47.9 Å². The van der Waals surface area contributed by atoms with Crippen LogP contribution in [-0.4, -0.2) is 43.3 Å². The molecular formula is C21H24N2O5S. The van der Waals surface area contributed by atoms with Gasteiger partial charge in [-0.2, -0.15) is 0 Å². The molecular weight excluding hydrogens is 392 g/mol. The Hall–Kier alpha value is -2.87. The van der Waals surface area contributed by atoms with E-state index in [9.17, 15) is 18.0 Å². The van der Waals surface area contributed by atoms with Crippen molar-refractivity contribution in [1.29, 1.82) is 0 Å². The Bertz CT molecular complexity index is 1050. The van der Waals surface area contributed by atoms with Crippen LogP contribution in [0, 0.1) is 13.8 Å². The van der Waals surface area contributed by atoms with Gasteiger partial charge in [-0.25, -0.2) is 13.2 Å². The number of nitrogens with zero attached hydrogens (tertiary/aromatic N) is 2. The molecule has 1 aliphatic heterocycles. The van der Waals surface area contributed by atoms with E-state index in [1.807, 2.05) is 25.3 Å². The highest BCUT2D eigenvalue weighted by Crippen LogP contribution is 2.23. The lowest BCUT2D eigenvalue weighted by Gasteiger charge is -2.27. The van der Waals surface area contributed by atoms with Crippen LogP contribution in [0.25, 0.3) is 0 Å². The molecule has 1 aliphatic rings. The van der Waals surface area contributed by atoms with Gasteiger partial charge in [-0.15, -0.1) is 0 Å². The summed E-state index contributed by atoms with van der Waals surface area (Å²) in [5.41, 5.74) is 2.69. The van der Waals surface area contributed by atoms with Crippen LogP contribution in [0.2, 0.25) is 0 Å². The number of carbonyl (C=O) groups excluding carboxylic acids is 2. The number of sulfone groups is 1. The standard InChI is InChI=1S/C21H24N2O5S/c1-4-22-15(2)12-19(16(22)3)21(25)28-13-20(24)23(17-8-6-5-7-9-17)18-10-11-29(26,27)14-18/h5-12,18H,4,13-14H2,1-3H3/t18-/m0/s1. The van der Waals surface area contributed by atoms with Gasteiger partial charge in [0, 0.05) is 29.0 Å². The van der Waals surface area contributed by atoms with Crippen LogP contribution in [0.1, 0.15) is 28.7 Å². The van der Waals surface area contributed by atoms with Crippen LogP contribution >= 0.6 is 0 Å². The zero-order valence-corrected chi connectivity index (χ0v) is 17.5. The minimum atomic E-state index is -3.35. The van der Waals surface area contributed by atoms with Gasteiger partial charge in [0.2, 0.25) is 0 Å². The molecule has 1 aromatic heterocycles. The second-order valence-corrected chi connectivity index (χ2v) is 8.86. The third-order valence-corrected chi connectivity index (χ3v) is 6.36. The highest BCUT2D eigenvalue weighted by Gasteiger charge is 2.32. The molecule has 0 saturated heterocycles. The van der Waals surface area contributed by atoms with E-state index in [1.54, 1.807) is 36.4 Å². The van der Waals surface area contributed by atoms with E-state index < -0.39 is 34.4 Å². The van der Waals surface area contributed by atoms with Crippen LogP contribution in [0.4, 0.5) is 5.69 Å². The van der Waals surface area contributed by atoms with Gasteiger partial charge in [-0.3, -0.25) is 4.79 Å². The molecule has 1 aromatic carbocycles. The minimum absolute atomic E-state index is 0.195. The number of carbonyl (C=O) groups is 2. The van der Waals surface area contributed by atoms with Crippen molar-refractivity contribution >= 4 is 27.4 Å². The molecule has 1 atom stereocenters. The molecule has 0 radical (unpaired) electrons. The summed E-state index contributed by atoms with van der Waals surface area (Å²) in [6, 6.07) is 9.85. The molecule has 7 nitrogen and oxygen atoms in total. The number of benzene rings is 1. The number of para-hydroxylation sites is 1. The lowest BCUT2D eigenvalue weighted by atomic mass is 10.2. The first-order valence-electron chi connectivity index (χ1n) is 9.35. The van der Waals surface area contributed by atoms with Gasteiger partial charge in [-0.05, 0) is 45.0 Å². The molecule has 0 fully saturated rings. The highest BCUT2D eigenvalue weighted by atomic mass is 32.2. The first-order valence-corrected chi connectivity index (χ1v) is 11.1. The maximum absolute atomic E-state index is 12.9. The van der Waals surface area contributed by atoms with E-state index in [4.69, 9.17) is 4.74 Å². The summed E-state index contributed by atoms with van der Waals surface area (Å²) in [7, 11) is -3.35. The van der Waals surface area contributed by atoms with Crippen molar-refractivity contribution in [2.45, 2.75) is 33.4 Å². The number of ether oxygens (including phenoxy) is 1. The zero-order chi connectivity index (χ0) is 21.2. The number of hydrogen-bond donors (Lipinski definition) is 0. The van der Waals surface area contributed by atoms with E-state index in [0.29, 0.717) is 11.3 Å². The third-order valence-electron chi connectivity index (χ3n) is 4.98. The lowest BCUT2D eigenvalue weighted by Crippen LogP contribution is -2.43. The Morgan fingerprint density at radius 2 is 1.90 bits per heavy atom. The SMILES string of the molecule is CCn1c(C)cc(C(=O)OCC(=O)N(c2ccccc2)[C@H]2C=CS(=O)(=O)C2)c1C. The van der Waals surface area contributed by atoms with Crippen LogP contribution in [0.5, 0.6) is 0 Å². The van der Waals surface area contributed by atoms with Crippen molar-refractivity contribution in [2.75, 3.05) is 17.3 Å². The third kappa shape index (κ3) is 4.42. The van der Waals surface area contributed by atoms with E-state index in [-0.39, 0.29) is 5.75 Å². The van der Waals surface area contributed by atoms with E-state index in [2.05, 4.69) is 0 Å². The van der Waals surface area contributed by atoms with E-state index >= 15 is 0 Å². The fourth-order valence-corrected chi connectivity index (χ4v) is 4.87. The number of aromatic nitrogens is 1. The molecule has 0 N–H and O–H groups in total. The summed E-state index contributed by atoms with van der Waals surface area (Å²) in [5.74, 6) is -1.26. The number of aryl methyl sites for hydroxylation is 1. The van der Waals surface area contributed by atoms with Gasteiger partial charge in [0.25, 0.3) is 5.91 Å². The van der Waals surface area contributed by atoms with Gasteiger partial charge in [0.05, 0.1) is 17.4 Å². The summed E-state index contributed by atoms with van der Waals surface area (Å²) in [6.07, 6.45) is 1.48. The predicted octanol–water partition coefficient (Wildman–Crippen LogP) is 2.63. The molecule has 1 amide bonds. The first kappa shape index (κ1) is 20.9. The number of hydrogen-bond acceptors (Lipinski definition) is 5. The number of rotatable bonds is 6.